The Morgan fingerprint density at radius 3 is 2.94 bits per heavy atom. The predicted octanol–water partition coefficient (Wildman–Crippen LogP) is 3.59. The molecule has 3 heteroatoms. The maximum atomic E-state index is 3.62. The van der Waals surface area contributed by atoms with E-state index in [9.17, 15) is 0 Å². The van der Waals surface area contributed by atoms with Crippen LogP contribution in [0.25, 0.3) is 0 Å². The summed E-state index contributed by atoms with van der Waals surface area (Å²) in [6.45, 7) is 7.86. The zero-order chi connectivity index (χ0) is 13.0. The van der Waals surface area contributed by atoms with Crippen molar-refractivity contribution in [2.75, 3.05) is 24.5 Å². The number of piperazine rings is 1. The molecule has 2 rings (SSSR count). The van der Waals surface area contributed by atoms with Crippen LogP contribution in [0.4, 0.5) is 5.69 Å². The van der Waals surface area contributed by atoms with Crippen molar-refractivity contribution in [2.45, 2.75) is 39.2 Å². The molecule has 18 heavy (non-hydrogen) atoms. The quantitative estimate of drug-likeness (QED) is 0.914. The average Bonchev–Trinajstić information content (AvgIpc) is 2.39. The number of nitrogens with zero attached hydrogens (tertiary/aromatic N) is 1. The molecule has 1 aliphatic rings. The molecule has 1 fully saturated rings. The molecule has 2 nitrogen and oxygen atoms in total. The van der Waals surface area contributed by atoms with Gasteiger partial charge in [-0.3, -0.25) is 0 Å². The molecular formula is C15H23BrN2. The number of halogens is 1. The largest absolute Gasteiger partial charge is 0.368 e. The van der Waals surface area contributed by atoms with Gasteiger partial charge in [-0.15, -0.1) is 0 Å². The Hall–Kier alpha value is -0.540. The Balaban J connectivity index is 2.15. The van der Waals surface area contributed by atoms with E-state index in [0.717, 1.165) is 26.1 Å². The van der Waals surface area contributed by atoms with Crippen LogP contribution in [0.5, 0.6) is 0 Å². The number of benzene rings is 1. The lowest BCUT2D eigenvalue weighted by Gasteiger charge is -2.36. The Bertz CT molecular complexity index is 390. The van der Waals surface area contributed by atoms with Crippen LogP contribution in [0, 0.1) is 0 Å². The molecule has 1 unspecified atom stereocenters. The number of rotatable bonds is 4. The van der Waals surface area contributed by atoms with Crippen LogP contribution >= 0.6 is 15.9 Å². The van der Waals surface area contributed by atoms with Gasteiger partial charge in [0.15, 0.2) is 0 Å². The monoisotopic (exact) mass is 310 g/mol. The SMILES string of the molecule is CCCC1CN(c2ccc(Br)cc2CC)CCN1. The van der Waals surface area contributed by atoms with Gasteiger partial charge in [0.05, 0.1) is 0 Å². The number of nitrogens with one attached hydrogen (secondary N) is 1. The van der Waals surface area contributed by atoms with E-state index in [1.54, 1.807) is 0 Å². The van der Waals surface area contributed by atoms with Gasteiger partial charge in [-0.2, -0.15) is 0 Å². The molecule has 1 saturated heterocycles. The highest BCUT2D eigenvalue weighted by Crippen LogP contribution is 2.26. The van der Waals surface area contributed by atoms with Crippen LogP contribution in [0.1, 0.15) is 32.3 Å². The van der Waals surface area contributed by atoms with Crippen LogP contribution in [0.3, 0.4) is 0 Å². The van der Waals surface area contributed by atoms with Crippen LogP contribution in [-0.4, -0.2) is 25.7 Å². The summed E-state index contributed by atoms with van der Waals surface area (Å²) in [5, 5.41) is 3.62. The smallest absolute Gasteiger partial charge is 0.0400 e. The molecule has 1 atom stereocenters. The molecule has 100 valence electrons. The lowest BCUT2D eigenvalue weighted by molar-refractivity contribution is 0.430. The van der Waals surface area contributed by atoms with Crippen LogP contribution in [0.2, 0.25) is 0 Å². The van der Waals surface area contributed by atoms with E-state index in [1.165, 1.54) is 28.6 Å². The van der Waals surface area contributed by atoms with Crippen molar-refractivity contribution in [3.05, 3.63) is 28.2 Å². The van der Waals surface area contributed by atoms with Gasteiger partial charge in [-0.25, -0.2) is 0 Å². The first-order valence-corrected chi connectivity index (χ1v) is 7.80. The van der Waals surface area contributed by atoms with Gasteiger partial charge >= 0.3 is 0 Å². The third-order valence-electron chi connectivity index (χ3n) is 3.66. The van der Waals surface area contributed by atoms with E-state index in [1.807, 2.05) is 0 Å². The minimum atomic E-state index is 0.650. The molecule has 1 aromatic carbocycles. The van der Waals surface area contributed by atoms with Gasteiger partial charge in [0.1, 0.15) is 0 Å². The third-order valence-corrected chi connectivity index (χ3v) is 4.15. The summed E-state index contributed by atoms with van der Waals surface area (Å²) in [4.78, 5) is 2.54. The Labute approximate surface area is 119 Å². The molecule has 0 aliphatic carbocycles. The van der Waals surface area contributed by atoms with Crippen molar-refractivity contribution in [2.24, 2.45) is 0 Å². The van der Waals surface area contributed by atoms with Crippen molar-refractivity contribution in [3.63, 3.8) is 0 Å². The molecule has 0 saturated carbocycles. The third kappa shape index (κ3) is 3.27. The first-order chi connectivity index (χ1) is 8.74. The molecule has 0 amide bonds. The van der Waals surface area contributed by atoms with Crippen molar-refractivity contribution in [1.29, 1.82) is 0 Å². The minimum Gasteiger partial charge on any atom is -0.368 e. The van der Waals surface area contributed by atoms with Gasteiger partial charge in [0, 0.05) is 35.8 Å². The van der Waals surface area contributed by atoms with E-state index in [-0.39, 0.29) is 0 Å². The highest BCUT2D eigenvalue weighted by molar-refractivity contribution is 9.10. The molecule has 0 bridgehead atoms. The minimum absolute atomic E-state index is 0.650. The van der Waals surface area contributed by atoms with Crippen LogP contribution in [-0.2, 0) is 6.42 Å². The first-order valence-electron chi connectivity index (χ1n) is 7.01. The second kappa shape index (κ2) is 6.58. The van der Waals surface area contributed by atoms with E-state index >= 15 is 0 Å². The fraction of sp³-hybridized carbons (Fsp3) is 0.600. The summed E-state index contributed by atoms with van der Waals surface area (Å²) < 4.78 is 1.18. The molecule has 1 aliphatic heterocycles. The first kappa shape index (κ1) is 13.9. The van der Waals surface area contributed by atoms with E-state index in [0.29, 0.717) is 6.04 Å². The van der Waals surface area contributed by atoms with Gasteiger partial charge in [-0.05, 0) is 36.6 Å². The zero-order valence-electron chi connectivity index (χ0n) is 11.4. The number of aryl methyl sites for hydroxylation is 1. The lowest BCUT2D eigenvalue weighted by Crippen LogP contribution is -2.50. The van der Waals surface area contributed by atoms with E-state index in [2.05, 4.69) is 58.2 Å². The summed E-state index contributed by atoms with van der Waals surface area (Å²) in [6, 6.07) is 7.33. The summed E-state index contributed by atoms with van der Waals surface area (Å²) in [6.07, 6.45) is 3.62. The Morgan fingerprint density at radius 1 is 1.39 bits per heavy atom. The summed E-state index contributed by atoms with van der Waals surface area (Å²) >= 11 is 3.57. The summed E-state index contributed by atoms with van der Waals surface area (Å²) in [5.74, 6) is 0. The molecule has 1 N–H and O–H groups in total. The summed E-state index contributed by atoms with van der Waals surface area (Å²) in [5.41, 5.74) is 2.87. The van der Waals surface area contributed by atoms with Gasteiger partial charge in [-0.1, -0.05) is 36.2 Å². The average molecular weight is 311 g/mol. The maximum Gasteiger partial charge on any atom is 0.0400 e. The zero-order valence-corrected chi connectivity index (χ0v) is 13.0. The highest BCUT2D eigenvalue weighted by Gasteiger charge is 2.20. The van der Waals surface area contributed by atoms with E-state index < -0.39 is 0 Å². The Kier molecular flexibility index (Phi) is 5.07. The topological polar surface area (TPSA) is 15.3 Å². The molecular weight excluding hydrogens is 288 g/mol. The number of anilines is 1. The molecule has 1 heterocycles. The normalized spacial score (nSPS) is 20.2. The van der Waals surface area contributed by atoms with Crippen molar-refractivity contribution >= 4 is 21.6 Å². The fourth-order valence-corrected chi connectivity index (χ4v) is 3.14. The molecule has 0 aromatic heterocycles. The van der Waals surface area contributed by atoms with Gasteiger partial charge in [0.25, 0.3) is 0 Å². The fourth-order valence-electron chi connectivity index (χ4n) is 2.73. The van der Waals surface area contributed by atoms with E-state index in [4.69, 9.17) is 0 Å². The molecule has 0 spiro atoms. The van der Waals surface area contributed by atoms with Crippen LogP contribution in [0.15, 0.2) is 22.7 Å². The number of hydrogen-bond acceptors (Lipinski definition) is 2. The standard InChI is InChI=1S/C15H23BrN2/c1-3-5-14-11-18(9-8-17-14)15-7-6-13(16)10-12(15)4-2/h6-7,10,14,17H,3-5,8-9,11H2,1-2H3. The Morgan fingerprint density at radius 2 is 2.22 bits per heavy atom. The van der Waals surface area contributed by atoms with Crippen LogP contribution < -0.4 is 10.2 Å². The highest BCUT2D eigenvalue weighted by atomic mass is 79.9. The number of hydrogen-bond donors (Lipinski definition) is 1. The van der Waals surface area contributed by atoms with Crippen molar-refractivity contribution in [3.8, 4) is 0 Å². The predicted molar refractivity (Wildman–Crippen MR) is 82.4 cm³/mol. The van der Waals surface area contributed by atoms with Gasteiger partial charge < -0.3 is 10.2 Å². The second-order valence-electron chi connectivity index (χ2n) is 5.01. The lowest BCUT2D eigenvalue weighted by atomic mass is 10.1. The van der Waals surface area contributed by atoms with Crippen molar-refractivity contribution in [1.82, 2.24) is 5.32 Å². The van der Waals surface area contributed by atoms with Crippen molar-refractivity contribution < 1.29 is 0 Å². The summed E-state index contributed by atoms with van der Waals surface area (Å²) in [7, 11) is 0. The molecule has 0 radical (unpaired) electrons. The molecule has 1 aromatic rings. The maximum absolute atomic E-state index is 3.62. The van der Waals surface area contributed by atoms with Gasteiger partial charge in [0.2, 0.25) is 0 Å². The second-order valence-corrected chi connectivity index (χ2v) is 5.93.